The van der Waals surface area contributed by atoms with Gasteiger partial charge in [-0.1, -0.05) is 165 Å². The summed E-state index contributed by atoms with van der Waals surface area (Å²) in [5.74, 6) is 2.29. The van der Waals surface area contributed by atoms with Crippen LogP contribution in [-0.4, -0.2) is 0 Å². The highest BCUT2D eigenvalue weighted by Gasteiger charge is 2.66. The van der Waals surface area contributed by atoms with E-state index in [4.69, 9.17) is 0 Å². The molecule has 0 spiro atoms. The summed E-state index contributed by atoms with van der Waals surface area (Å²) < 4.78 is 0. The molecule has 2 saturated carbocycles. The molecule has 0 bridgehead atoms. The third-order valence-electron chi connectivity index (χ3n) is 21.5. The summed E-state index contributed by atoms with van der Waals surface area (Å²) in [7, 11) is 0. The average molecular weight is 1170 g/mol. The van der Waals surface area contributed by atoms with Crippen molar-refractivity contribution in [2.24, 2.45) is 23.7 Å². The van der Waals surface area contributed by atoms with Gasteiger partial charge in [0.05, 0.1) is 11.4 Å². The second-order valence-electron chi connectivity index (χ2n) is 31.6. The van der Waals surface area contributed by atoms with Crippen molar-refractivity contribution in [2.75, 3.05) is 9.80 Å². The topological polar surface area (TPSA) is 6.48 Å². The molecule has 11 rings (SSSR count). The summed E-state index contributed by atoms with van der Waals surface area (Å²) in [4.78, 5) is 5.27. The zero-order chi connectivity index (χ0) is 63.1. The minimum Gasteiger partial charge on any atom is -0.310 e. The highest BCUT2D eigenvalue weighted by atomic mass is 15.2. The van der Waals surface area contributed by atoms with Gasteiger partial charge in [-0.15, -0.1) is 0 Å². The van der Waals surface area contributed by atoms with Gasteiger partial charge in [-0.3, -0.25) is 0 Å². The maximum Gasteiger partial charge on any atom is 0.0520 e. The molecule has 2 nitrogen and oxygen atoms in total. The van der Waals surface area contributed by atoms with Gasteiger partial charge in [0.1, 0.15) is 0 Å². The van der Waals surface area contributed by atoms with E-state index in [1.54, 1.807) is 22.3 Å². The number of aryl methyl sites for hydroxylation is 10. The van der Waals surface area contributed by atoms with Crippen molar-refractivity contribution in [3.63, 3.8) is 0 Å². The number of hydrogen-bond donors (Lipinski definition) is 0. The Morgan fingerprint density at radius 3 is 0.955 bits per heavy atom. The first-order valence-corrected chi connectivity index (χ1v) is 34.0. The first-order chi connectivity index (χ1) is 41.5. The Bertz CT molecular complexity index is 3540. The molecular formula is C86H106N2. The molecule has 88 heavy (non-hydrogen) atoms. The molecule has 3 aliphatic carbocycles. The monoisotopic (exact) mass is 1170 g/mol. The Morgan fingerprint density at radius 2 is 0.670 bits per heavy atom. The summed E-state index contributed by atoms with van der Waals surface area (Å²) in [6.07, 6.45) is 11.6. The van der Waals surface area contributed by atoms with Gasteiger partial charge < -0.3 is 9.80 Å². The SMILES string of the molecule is Cc1ccc(N(c2ccc3c(c2)[C@]24CC(CCc5c(C)cc(C(C)(C)C)cc5C)C[C@]2(CC(CCc2c(C)cc(C(C)(C)C)cc2C)C4)c2cc(N(c4ccc(C)cc4)c4c(C)cc(CC(C)C)cc4C)ccc2-3)c2c(C)cc(CC(C)C)cc2C)cc1. The molecule has 3 aliphatic rings. The molecule has 0 atom stereocenters. The lowest BCUT2D eigenvalue weighted by atomic mass is 9.55. The molecule has 2 fully saturated rings. The first kappa shape index (κ1) is 62.9. The number of nitrogens with zero attached hydrogens (tertiary/aromatic N) is 2. The number of fused-ring (bicyclic) bond motifs is 3. The molecule has 0 aliphatic heterocycles. The predicted molar refractivity (Wildman–Crippen MR) is 381 cm³/mol. The van der Waals surface area contributed by atoms with Gasteiger partial charge in [0, 0.05) is 33.6 Å². The van der Waals surface area contributed by atoms with Crippen molar-refractivity contribution >= 4 is 34.1 Å². The second-order valence-corrected chi connectivity index (χ2v) is 31.6. The Labute approximate surface area is 533 Å². The van der Waals surface area contributed by atoms with E-state index in [2.05, 4.69) is 282 Å². The first-order valence-electron chi connectivity index (χ1n) is 34.0. The van der Waals surface area contributed by atoms with E-state index in [9.17, 15) is 0 Å². The Balaban J connectivity index is 1.14. The normalized spacial score (nSPS) is 18.8. The number of rotatable bonds is 16. The molecule has 0 unspecified atom stereocenters. The van der Waals surface area contributed by atoms with Gasteiger partial charge >= 0.3 is 0 Å². The summed E-state index contributed by atoms with van der Waals surface area (Å²) in [6.45, 7) is 47.0. The van der Waals surface area contributed by atoms with E-state index in [1.165, 1.54) is 162 Å². The third kappa shape index (κ3) is 11.9. The molecule has 0 N–H and O–H groups in total. The van der Waals surface area contributed by atoms with Crippen molar-refractivity contribution in [1.82, 2.24) is 0 Å². The molecule has 8 aromatic rings. The maximum absolute atomic E-state index is 2.75. The van der Waals surface area contributed by atoms with Crippen LogP contribution in [0, 0.1) is 92.9 Å². The standard InChI is InChI=1S/C86H106N2/c1-53(2)37-67-39-61(11)81(62(12)40-67)87(71-27-21-55(5)22-28-71)73-31-35-77-78-36-32-74(88(72-29-23-56(6)24-30-72)82-63(13)41-68(38-54(3)4)42-64(82)14)48-80(78)86-51-65(25-33-75-57(7)43-69(44-58(75)8)83(15,16)17)49-85(86,79(77)47-73)50-66(52-86)26-34-76-59(9)45-70(46-60(76)10)84(18,19)20/h21-24,27-32,35-36,39-48,53-54,65-66H,25-26,33-34,37-38,49-52H2,1-20H3/t65?,66?,85-,86+. The molecule has 8 aromatic carbocycles. The molecule has 0 heterocycles. The molecule has 0 aromatic heterocycles. The Kier molecular flexibility index (Phi) is 17.1. The highest BCUT2D eigenvalue weighted by molar-refractivity contribution is 5.89. The maximum atomic E-state index is 2.75. The predicted octanol–water partition coefficient (Wildman–Crippen LogP) is 23.9. The summed E-state index contributed by atoms with van der Waals surface area (Å²) in [5.41, 5.74) is 36.3. The number of benzene rings is 8. The smallest absolute Gasteiger partial charge is 0.0520 e. The van der Waals surface area contributed by atoms with E-state index in [0.717, 1.165) is 25.7 Å². The van der Waals surface area contributed by atoms with E-state index in [1.807, 2.05) is 0 Å². The fourth-order valence-corrected chi connectivity index (χ4v) is 17.5. The Hall–Kier alpha value is -6.64. The van der Waals surface area contributed by atoms with E-state index >= 15 is 0 Å². The van der Waals surface area contributed by atoms with Crippen molar-refractivity contribution in [3.8, 4) is 11.1 Å². The number of anilines is 6. The van der Waals surface area contributed by atoms with Crippen molar-refractivity contribution < 1.29 is 0 Å². The Morgan fingerprint density at radius 1 is 0.375 bits per heavy atom. The second kappa shape index (κ2) is 24.0. The van der Waals surface area contributed by atoms with Gasteiger partial charge in [-0.05, 0) is 317 Å². The quantitative estimate of drug-likeness (QED) is 0.0951. The molecule has 460 valence electrons. The van der Waals surface area contributed by atoms with Gasteiger partial charge in [-0.2, -0.15) is 0 Å². The van der Waals surface area contributed by atoms with Crippen LogP contribution in [0.2, 0.25) is 0 Å². The lowest BCUT2D eigenvalue weighted by molar-refractivity contribution is 0.299. The van der Waals surface area contributed by atoms with Gasteiger partial charge in [0.25, 0.3) is 0 Å². The fraction of sp³-hybridized carbons (Fsp3) is 0.442. The van der Waals surface area contributed by atoms with Gasteiger partial charge in [0.15, 0.2) is 0 Å². The highest BCUT2D eigenvalue weighted by Crippen LogP contribution is 2.73. The van der Waals surface area contributed by atoms with Crippen LogP contribution in [0.5, 0.6) is 0 Å². The van der Waals surface area contributed by atoms with Crippen molar-refractivity contribution in [3.05, 3.63) is 234 Å². The lowest BCUT2D eigenvalue weighted by Gasteiger charge is -2.48. The summed E-state index contributed by atoms with van der Waals surface area (Å²) in [5, 5.41) is 0. The van der Waals surface area contributed by atoms with Crippen molar-refractivity contribution in [1.29, 1.82) is 0 Å². The summed E-state index contributed by atoms with van der Waals surface area (Å²) >= 11 is 0. The van der Waals surface area contributed by atoms with Crippen LogP contribution >= 0.6 is 0 Å². The fourth-order valence-electron chi connectivity index (χ4n) is 17.5. The van der Waals surface area contributed by atoms with Crippen LogP contribution in [0.3, 0.4) is 0 Å². The van der Waals surface area contributed by atoms with Crippen molar-refractivity contribution in [2.45, 2.75) is 224 Å². The van der Waals surface area contributed by atoms with Crippen LogP contribution < -0.4 is 9.80 Å². The van der Waals surface area contributed by atoms with Crippen LogP contribution in [0.1, 0.15) is 208 Å². The molecule has 0 saturated heterocycles. The lowest BCUT2D eigenvalue weighted by Crippen LogP contribution is -2.43. The van der Waals surface area contributed by atoms with Crippen LogP contribution in [0.25, 0.3) is 11.1 Å². The van der Waals surface area contributed by atoms with Crippen LogP contribution in [0.4, 0.5) is 34.1 Å². The van der Waals surface area contributed by atoms with E-state index in [0.29, 0.717) is 23.7 Å². The molecule has 0 amide bonds. The van der Waals surface area contributed by atoms with Gasteiger partial charge in [0.2, 0.25) is 0 Å². The average Bonchev–Trinajstić information content (AvgIpc) is 1.48. The largest absolute Gasteiger partial charge is 0.310 e. The van der Waals surface area contributed by atoms with E-state index < -0.39 is 0 Å². The molecule has 0 radical (unpaired) electrons. The number of hydrogen-bond acceptors (Lipinski definition) is 2. The molecular weight excluding hydrogens is 1060 g/mol. The molecule has 2 heteroatoms. The summed E-state index contributed by atoms with van der Waals surface area (Å²) in [6, 6.07) is 54.2. The zero-order valence-corrected chi connectivity index (χ0v) is 58.0. The van der Waals surface area contributed by atoms with E-state index in [-0.39, 0.29) is 21.7 Å². The van der Waals surface area contributed by atoms with Crippen LogP contribution in [-0.2, 0) is 47.3 Å². The zero-order valence-electron chi connectivity index (χ0n) is 58.0. The third-order valence-corrected chi connectivity index (χ3v) is 21.5. The van der Waals surface area contributed by atoms with Crippen LogP contribution in [0.15, 0.2) is 133 Å². The minimum absolute atomic E-state index is 0.0805. The minimum atomic E-state index is -0.0805. The van der Waals surface area contributed by atoms with Gasteiger partial charge in [-0.25, -0.2) is 0 Å².